The molecule has 0 unspecified atom stereocenters. The van der Waals surface area contributed by atoms with E-state index < -0.39 is 42.9 Å². The second-order valence-electron chi connectivity index (χ2n) is 8.69. The van der Waals surface area contributed by atoms with Crippen LogP contribution in [0, 0.1) is 6.92 Å². The predicted octanol–water partition coefficient (Wildman–Crippen LogP) is 4.17. The molecule has 0 saturated heterocycles. The number of nitrogens with one attached hydrogen (secondary N) is 1. The molecule has 0 aliphatic heterocycles. The van der Waals surface area contributed by atoms with Crippen LogP contribution < -0.4 is 19.5 Å². The van der Waals surface area contributed by atoms with Crippen molar-refractivity contribution in [2.75, 3.05) is 13.9 Å². The van der Waals surface area contributed by atoms with Crippen molar-refractivity contribution in [2.24, 2.45) is 0 Å². The summed E-state index contributed by atoms with van der Waals surface area (Å²) in [6.07, 6.45) is 0.0601. The van der Waals surface area contributed by atoms with Crippen LogP contribution in [-0.4, -0.2) is 48.9 Å². The van der Waals surface area contributed by atoms with Gasteiger partial charge in [0.1, 0.15) is 17.9 Å². The Kier molecular flexibility index (Phi) is 10.3. The first-order chi connectivity index (χ1) is 18.7. The number of carbonyl (C=O) groups excluding carboxylic acids is 3. The molecule has 0 spiro atoms. The summed E-state index contributed by atoms with van der Waals surface area (Å²) >= 11 is 0. The second-order valence-corrected chi connectivity index (χ2v) is 8.69. The van der Waals surface area contributed by atoms with Crippen molar-refractivity contribution in [3.8, 4) is 17.2 Å². The molecule has 0 bridgehead atoms. The molecule has 3 aromatic rings. The van der Waals surface area contributed by atoms with E-state index in [0.717, 1.165) is 11.1 Å². The zero-order valence-corrected chi connectivity index (χ0v) is 22.5. The molecule has 206 valence electrons. The number of esters is 2. The molecule has 1 amide bonds. The minimum atomic E-state index is -1.04. The van der Waals surface area contributed by atoms with Gasteiger partial charge in [0.15, 0.2) is 23.3 Å². The molecule has 2 aromatic carbocycles. The van der Waals surface area contributed by atoms with Crippen molar-refractivity contribution < 1.29 is 38.1 Å². The number of pyridine rings is 1. The molecule has 1 aromatic heterocycles. The van der Waals surface area contributed by atoms with Crippen LogP contribution in [0.5, 0.6) is 17.2 Å². The molecule has 10 heteroatoms. The number of hydrogen-bond acceptors (Lipinski definition) is 9. The van der Waals surface area contributed by atoms with Gasteiger partial charge in [-0.2, -0.15) is 0 Å². The highest BCUT2D eigenvalue weighted by atomic mass is 16.7. The minimum absolute atomic E-state index is 0.0386. The van der Waals surface area contributed by atoms with Gasteiger partial charge in [0, 0.05) is 19.2 Å². The maximum Gasteiger partial charge on any atom is 0.328 e. The van der Waals surface area contributed by atoms with Crippen LogP contribution in [0.1, 0.15) is 48.5 Å². The number of benzene rings is 2. The van der Waals surface area contributed by atoms with E-state index in [1.807, 2.05) is 61.5 Å². The average molecular weight is 537 g/mol. The fourth-order valence-corrected chi connectivity index (χ4v) is 3.58. The normalized spacial score (nSPS) is 12.8. The molecule has 0 radical (unpaired) electrons. The van der Waals surface area contributed by atoms with Gasteiger partial charge in [-0.25, -0.2) is 9.78 Å². The van der Waals surface area contributed by atoms with Gasteiger partial charge in [-0.15, -0.1) is 0 Å². The SMILES string of the molecule is COc1ccnc(C(=O)N[C@@H](C)C(=O)O[C@@H](C)[C@H](Oc2ccc(C)cc2)c2ccccc2)c1OCOC(C)=O. The third-order valence-electron chi connectivity index (χ3n) is 5.61. The smallest absolute Gasteiger partial charge is 0.328 e. The fourth-order valence-electron chi connectivity index (χ4n) is 3.58. The van der Waals surface area contributed by atoms with Crippen LogP contribution in [0.15, 0.2) is 66.9 Å². The van der Waals surface area contributed by atoms with Crippen molar-refractivity contribution >= 4 is 17.8 Å². The predicted molar refractivity (Wildman–Crippen MR) is 142 cm³/mol. The first-order valence-electron chi connectivity index (χ1n) is 12.3. The Morgan fingerprint density at radius 1 is 0.974 bits per heavy atom. The Morgan fingerprint density at radius 3 is 2.31 bits per heavy atom. The van der Waals surface area contributed by atoms with Gasteiger partial charge < -0.3 is 29.0 Å². The standard InChI is InChI=1S/C29H32N2O8/c1-18-11-13-23(14-12-18)39-26(22-9-7-6-8-10-22)20(3)38-29(34)19(2)31-28(33)25-27(37-17-36-21(4)32)24(35-5)15-16-30-25/h6-16,19-20,26H,17H2,1-5H3,(H,31,33)/t19-,20-,26-/m0/s1. The molecule has 3 atom stereocenters. The summed E-state index contributed by atoms with van der Waals surface area (Å²) in [6, 6.07) is 17.4. The number of rotatable bonds is 12. The van der Waals surface area contributed by atoms with E-state index in [2.05, 4.69) is 10.3 Å². The maximum atomic E-state index is 13.0. The average Bonchev–Trinajstić information content (AvgIpc) is 2.92. The third kappa shape index (κ3) is 8.19. The number of aryl methyl sites for hydroxylation is 1. The lowest BCUT2D eigenvalue weighted by molar-refractivity contribution is -0.155. The zero-order valence-electron chi connectivity index (χ0n) is 22.5. The van der Waals surface area contributed by atoms with Crippen molar-refractivity contribution in [3.05, 3.63) is 83.7 Å². The van der Waals surface area contributed by atoms with Gasteiger partial charge in [0.25, 0.3) is 5.91 Å². The molecular formula is C29H32N2O8. The number of methoxy groups -OCH3 is 1. The Balaban J connectivity index is 1.71. The molecule has 1 heterocycles. The summed E-state index contributed by atoms with van der Waals surface area (Å²) in [7, 11) is 1.39. The van der Waals surface area contributed by atoms with Crippen molar-refractivity contribution in [1.82, 2.24) is 10.3 Å². The fraction of sp³-hybridized carbons (Fsp3) is 0.310. The van der Waals surface area contributed by atoms with E-state index in [1.165, 1.54) is 33.2 Å². The van der Waals surface area contributed by atoms with E-state index in [-0.39, 0.29) is 17.2 Å². The lowest BCUT2D eigenvalue weighted by Crippen LogP contribution is -2.42. The largest absolute Gasteiger partial charge is 0.493 e. The van der Waals surface area contributed by atoms with Gasteiger partial charge in [0.05, 0.1) is 7.11 Å². The highest BCUT2D eigenvalue weighted by Crippen LogP contribution is 2.30. The van der Waals surface area contributed by atoms with E-state index in [1.54, 1.807) is 6.92 Å². The maximum absolute atomic E-state index is 13.0. The topological polar surface area (TPSA) is 122 Å². The van der Waals surface area contributed by atoms with E-state index in [9.17, 15) is 14.4 Å². The second kappa shape index (κ2) is 13.8. The minimum Gasteiger partial charge on any atom is -0.493 e. The third-order valence-corrected chi connectivity index (χ3v) is 5.61. The van der Waals surface area contributed by atoms with Gasteiger partial charge in [-0.05, 0) is 38.5 Å². The zero-order chi connectivity index (χ0) is 28.4. The van der Waals surface area contributed by atoms with Gasteiger partial charge in [-0.3, -0.25) is 9.59 Å². The molecule has 0 aliphatic rings. The molecule has 3 rings (SSSR count). The number of hydrogen-bond donors (Lipinski definition) is 1. The Hall–Kier alpha value is -4.60. The van der Waals surface area contributed by atoms with Crippen molar-refractivity contribution in [2.45, 2.75) is 45.9 Å². The van der Waals surface area contributed by atoms with Crippen LogP contribution >= 0.6 is 0 Å². The van der Waals surface area contributed by atoms with Gasteiger partial charge in [-0.1, -0.05) is 48.0 Å². The molecule has 39 heavy (non-hydrogen) atoms. The quantitative estimate of drug-likeness (QED) is 0.268. The summed E-state index contributed by atoms with van der Waals surface area (Å²) in [5, 5.41) is 2.57. The Bertz CT molecular complexity index is 1260. The highest BCUT2D eigenvalue weighted by Gasteiger charge is 2.29. The number of carbonyl (C=O) groups is 3. The molecule has 10 nitrogen and oxygen atoms in total. The van der Waals surface area contributed by atoms with Gasteiger partial charge in [0.2, 0.25) is 6.79 Å². The summed E-state index contributed by atoms with van der Waals surface area (Å²) in [4.78, 5) is 41.1. The van der Waals surface area contributed by atoms with Gasteiger partial charge >= 0.3 is 11.9 Å². The van der Waals surface area contributed by atoms with E-state index >= 15 is 0 Å². The van der Waals surface area contributed by atoms with E-state index in [0.29, 0.717) is 5.75 Å². The first-order valence-corrected chi connectivity index (χ1v) is 12.3. The van der Waals surface area contributed by atoms with Crippen LogP contribution in [-0.2, 0) is 19.1 Å². The molecule has 0 fully saturated rings. The number of nitrogens with zero attached hydrogens (tertiary/aromatic N) is 1. The van der Waals surface area contributed by atoms with Crippen LogP contribution in [0.3, 0.4) is 0 Å². The number of ether oxygens (including phenoxy) is 5. The van der Waals surface area contributed by atoms with Crippen LogP contribution in [0.25, 0.3) is 0 Å². The summed E-state index contributed by atoms with van der Waals surface area (Å²) < 4.78 is 27.4. The van der Waals surface area contributed by atoms with Crippen molar-refractivity contribution in [1.29, 1.82) is 0 Å². The van der Waals surface area contributed by atoms with Crippen molar-refractivity contribution in [3.63, 3.8) is 0 Å². The lowest BCUT2D eigenvalue weighted by atomic mass is 10.0. The molecule has 1 N–H and O–H groups in total. The summed E-state index contributed by atoms with van der Waals surface area (Å²) in [5.41, 5.74) is 1.76. The van der Waals surface area contributed by atoms with Crippen LogP contribution in [0.4, 0.5) is 0 Å². The summed E-state index contributed by atoms with van der Waals surface area (Å²) in [5.74, 6) is -1.15. The summed E-state index contributed by atoms with van der Waals surface area (Å²) in [6.45, 7) is 5.97. The first kappa shape index (κ1) is 29.0. The molecule has 0 saturated carbocycles. The highest BCUT2D eigenvalue weighted by molar-refractivity contribution is 5.98. The lowest BCUT2D eigenvalue weighted by Gasteiger charge is -2.27. The molecule has 0 aliphatic carbocycles. The monoisotopic (exact) mass is 536 g/mol. The van der Waals surface area contributed by atoms with Crippen LogP contribution in [0.2, 0.25) is 0 Å². The number of amides is 1. The Morgan fingerprint density at radius 2 is 1.67 bits per heavy atom. The van der Waals surface area contributed by atoms with E-state index in [4.69, 9.17) is 23.7 Å². The number of aromatic nitrogens is 1. The Labute approximate surface area is 227 Å². The molecular weight excluding hydrogens is 504 g/mol.